The zero-order valence-corrected chi connectivity index (χ0v) is 15.3. The van der Waals surface area contributed by atoms with Crippen molar-refractivity contribution in [2.75, 3.05) is 10.6 Å². The maximum absolute atomic E-state index is 12.2. The Balaban J connectivity index is 1.67. The van der Waals surface area contributed by atoms with Crippen molar-refractivity contribution < 1.29 is 9.59 Å². The van der Waals surface area contributed by atoms with Gasteiger partial charge in [0.15, 0.2) is 0 Å². The maximum Gasteiger partial charge on any atom is 0.248 e. The van der Waals surface area contributed by atoms with Gasteiger partial charge in [0, 0.05) is 30.4 Å². The average molecular weight is 381 g/mol. The molecule has 27 heavy (non-hydrogen) atoms. The van der Waals surface area contributed by atoms with Crippen LogP contribution in [0.15, 0.2) is 67.0 Å². The number of amides is 2. The van der Waals surface area contributed by atoms with Crippen LogP contribution in [0.2, 0.25) is 5.02 Å². The van der Waals surface area contributed by atoms with Crippen LogP contribution in [0.1, 0.15) is 12.5 Å². The molecule has 2 N–H and O–H groups in total. The fraction of sp³-hybridized carbons (Fsp3) is 0.0500. The summed E-state index contributed by atoms with van der Waals surface area (Å²) in [6, 6.07) is 14.5. The summed E-state index contributed by atoms with van der Waals surface area (Å²) in [6.07, 6.45) is 6.55. The lowest BCUT2D eigenvalue weighted by molar-refractivity contribution is -0.114. The number of aromatic nitrogens is 2. The maximum atomic E-state index is 12.2. The van der Waals surface area contributed by atoms with Gasteiger partial charge in [-0.25, -0.2) is 4.68 Å². The van der Waals surface area contributed by atoms with E-state index in [4.69, 9.17) is 11.6 Å². The average Bonchev–Trinajstić information content (AvgIpc) is 3.12. The van der Waals surface area contributed by atoms with E-state index in [0.29, 0.717) is 16.4 Å². The van der Waals surface area contributed by atoms with Gasteiger partial charge in [-0.1, -0.05) is 29.8 Å². The Bertz CT molecular complexity index is 996. The molecule has 3 aromatic rings. The Morgan fingerprint density at radius 1 is 1.11 bits per heavy atom. The molecule has 1 aromatic heterocycles. The molecule has 0 atom stereocenters. The van der Waals surface area contributed by atoms with Crippen LogP contribution in [-0.2, 0) is 9.59 Å². The Morgan fingerprint density at radius 2 is 1.89 bits per heavy atom. The Morgan fingerprint density at radius 3 is 2.63 bits per heavy atom. The molecule has 2 aromatic carbocycles. The van der Waals surface area contributed by atoms with E-state index in [1.54, 1.807) is 35.2 Å². The molecule has 2 amide bonds. The number of para-hydroxylation sites is 1. The quantitative estimate of drug-likeness (QED) is 0.653. The molecule has 6 nitrogen and oxygen atoms in total. The first-order valence-corrected chi connectivity index (χ1v) is 8.55. The largest absolute Gasteiger partial charge is 0.326 e. The van der Waals surface area contributed by atoms with Crippen LogP contribution in [-0.4, -0.2) is 21.6 Å². The van der Waals surface area contributed by atoms with Gasteiger partial charge in [0.05, 0.1) is 22.6 Å². The number of benzene rings is 2. The van der Waals surface area contributed by atoms with E-state index < -0.39 is 0 Å². The molecule has 0 aliphatic carbocycles. The Kier molecular flexibility index (Phi) is 5.68. The standard InChI is InChI=1S/C20H17ClN4O2/c1-14(26)23-16-8-9-18(21)19(11-16)24-20(27)10-7-15-12-22-25(13-15)17-5-3-2-4-6-17/h2-13H,1H3,(H,23,26)(H,24,27). The molecule has 0 aliphatic heterocycles. The molecule has 0 spiro atoms. The third-order valence-corrected chi connectivity index (χ3v) is 3.92. The highest BCUT2D eigenvalue weighted by atomic mass is 35.5. The van der Waals surface area contributed by atoms with Crippen LogP contribution in [0.5, 0.6) is 0 Å². The van der Waals surface area contributed by atoms with E-state index in [-0.39, 0.29) is 11.8 Å². The second-order valence-corrected chi connectivity index (χ2v) is 6.16. The van der Waals surface area contributed by atoms with Gasteiger partial charge in [0.25, 0.3) is 0 Å². The zero-order valence-electron chi connectivity index (χ0n) is 14.5. The molecule has 136 valence electrons. The number of rotatable bonds is 5. The lowest BCUT2D eigenvalue weighted by atomic mass is 10.2. The minimum atomic E-state index is -0.343. The molecule has 0 bridgehead atoms. The van der Waals surface area contributed by atoms with Crippen molar-refractivity contribution in [2.24, 2.45) is 0 Å². The Hall–Kier alpha value is -3.38. The molecular formula is C20H17ClN4O2. The number of hydrogen-bond acceptors (Lipinski definition) is 3. The van der Waals surface area contributed by atoms with E-state index in [1.165, 1.54) is 13.0 Å². The summed E-state index contributed by atoms with van der Waals surface area (Å²) in [5, 5.41) is 9.99. The number of anilines is 2. The first-order valence-electron chi connectivity index (χ1n) is 8.17. The topological polar surface area (TPSA) is 76.0 Å². The van der Waals surface area contributed by atoms with Crippen LogP contribution in [0.3, 0.4) is 0 Å². The van der Waals surface area contributed by atoms with Gasteiger partial charge >= 0.3 is 0 Å². The van der Waals surface area contributed by atoms with Crippen LogP contribution in [0.4, 0.5) is 11.4 Å². The van der Waals surface area contributed by atoms with Gasteiger partial charge in [0.1, 0.15) is 0 Å². The van der Waals surface area contributed by atoms with Crippen LogP contribution in [0, 0.1) is 0 Å². The number of carbonyl (C=O) groups excluding carboxylic acids is 2. The van der Waals surface area contributed by atoms with Crippen molar-refractivity contribution in [3.63, 3.8) is 0 Å². The second kappa shape index (κ2) is 8.33. The summed E-state index contributed by atoms with van der Waals surface area (Å²) in [7, 11) is 0. The zero-order chi connectivity index (χ0) is 19.2. The van der Waals surface area contributed by atoms with Crippen LogP contribution >= 0.6 is 11.6 Å². The fourth-order valence-electron chi connectivity index (χ4n) is 2.39. The first kappa shape index (κ1) is 18.4. The van der Waals surface area contributed by atoms with E-state index >= 15 is 0 Å². The van der Waals surface area contributed by atoms with Crippen LogP contribution in [0.25, 0.3) is 11.8 Å². The van der Waals surface area contributed by atoms with Crippen molar-refractivity contribution in [3.8, 4) is 5.69 Å². The van der Waals surface area contributed by atoms with Gasteiger partial charge in [-0.3, -0.25) is 9.59 Å². The SMILES string of the molecule is CC(=O)Nc1ccc(Cl)c(NC(=O)C=Cc2cnn(-c3ccccc3)c2)c1. The highest BCUT2D eigenvalue weighted by Crippen LogP contribution is 2.25. The molecule has 0 saturated heterocycles. The second-order valence-electron chi connectivity index (χ2n) is 5.75. The minimum absolute atomic E-state index is 0.204. The Labute approximate surface area is 161 Å². The normalized spacial score (nSPS) is 10.7. The van der Waals surface area contributed by atoms with E-state index in [9.17, 15) is 9.59 Å². The van der Waals surface area contributed by atoms with Crippen molar-refractivity contribution in [2.45, 2.75) is 6.92 Å². The van der Waals surface area contributed by atoms with Gasteiger partial charge in [-0.15, -0.1) is 0 Å². The summed E-state index contributed by atoms with van der Waals surface area (Å²) < 4.78 is 1.73. The van der Waals surface area contributed by atoms with E-state index in [0.717, 1.165) is 11.3 Å². The summed E-state index contributed by atoms with van der Waals surface area (Å²) in [5.74, 6) is -0.547. The highest BCUT2D eigenvalue weighted by Gasteiger charge is 2.06. The summed E-state index contributed by atoms with van der Waals surface area (Å²) >= 11 is 6.10. The number of nitrogens with zero attached hydrogens (tertiary/aromatic N) is 2. The van der Waals surface area contributed by atoms with Crippen LogP contribution < -0.4 is 10.6 Å². The molecule has 3 rings (SSSR count). The number of halogens is 1. The van der Waals surface area contributed by atoms with Crippen molar-refractivity contribution in [3.05, 3.63) is 77.6 Å². The summed E-state index contributed by atoms with van der Waals surface area (Å²) in [6.45, 7) is 1.41. The predicted octanol–water partition coefficient (Wildman–Crippen LogP) is 4.14. The van der Waals surface area contributed by atoms with Crippen molar-refractivity contribution in [1.82, 2.24) is 9.78 Å². The van der Waals surface area contributed by atoms with Gasteiger partial charge in [-0.2, -0.15) is 5.10 Å². The third kappa shape index (κ3) is 5.05. The highest BCUT2D eigenvalue weighted by molar-refractivity contribution is 6.34. The third-order valence-electron chi connectivity index (χ3n) is 3.60. The monoisotopic (exact) mass is 380 g/mol. The number of carbonyl (C=O) groups is 2. The molecular weight excluding hydrogens is 364 g/mol. The molecule has 0 unspecified atom stereocenters. The molecule has 0 aliphatic rings. The van der Waals surface area contributed by atoms with Crippen molar-refractivity contribution in [1.29, 1.82) is 0 Å². The smallest absolute Gasteiger partial charge is 0.248 e. The lowest BCUT2D eigenvalue weighted by Crippen LogP contribution is -2.10. The number of hydrogen-bond donors (Lipinski definition) is 2. The van der Waals surface area contributed by atoms with E-state index in [2.05, 4.69) is 15.7 Å². The molecule has 7 heteroatoms. The minimum Gasteiger partial charge on any atom is -0.326 e. The van der Waals surface area contributed by atoms with Gasteiger partial charge in [-0.05, 0) is 36.4 Å². The van der Waals surface area contributed by atoms with E-state index in [1.807, 2.05) is 36.5 Å². The molecule has 0 fully saturated rings. The molecule has 1 heterocycles. The first-order chi connectivity index (χ1) is 13.0. The summed E-state index contributed by atoms with van der Waals surface area (Å²) in [5.41, 5.74) is 2.68. The molecule has 0 radical (unpaired) electrons. The lowest BCUT2D eigenvalue weighted by Gasteiger charge is -2.08. The molecule has 0 saturated carbocycles. The predicted molar refractivity (Wildman–Crippen MR) is 107 cm³/mol. The van der Waals surface area contributed by atoms with Gasteiger partial charge < -0.3 is 10.6 Å². The van der Waals surface area contributed by atoms with Crippen molar-refractivity contribution >= 4 is 40.9 Å². The number of nitrogens with one attached hydrogen (secondary N) is 2. The van der Waals surface area contributed by atoms with Gasteiger partial charge in [0.2, 0.25) is 11.8 Å². The fourth-order valence-corrected chi connectivity index (χ4v) is 2.56. The summed E-state index contributed by atoms with van der Waals surface area (Å²) in [4.78, 5) is 23.3.